The maximum atomic E-state index is 5.87. The fourth-order valence-electron chi connectivity index (χ4n) is 2.06. The van der Waals surface area contributed by atoms with Gasteiger partial charge in [-0.25, -0.2) is 0 Å². The molecule has 0 fully saturated rings. The second kappa shape index (κ2) is 7.45. The van der Waals surface area contributed by atoms with Crippen molar-refractivity contribution in [2.24, 2.45) is 7.05 Å². The third kappa shape index (κ3) is 3.84. The normalized spacial score (nSPS) is 12.3. The van der Waals surface area contributed by atoms with Crippen LogP contribution in [0, 0.1) is 0 Å². The number of aryl methyl sites for hydroxylation is 1. The monoisotopic (exact) mass is 337 g/mol. The Bertz CT molecular complexity index is 508. The molecule has 0 radical (unpaired) electrons. The molecule has 0 saturated carbocycles. The fourth-order valence-corrected chi connectivity index (χ4v) is 2.69. The van der Waals surface area contributed by atoms with Gasteiger partial charge in [0.15, 0.2) is 0 Å². The molecule has 0 saturated heterocycles. The van der Waals surface area contributed by atoms with Gasteiger partial charge in [-0.15, -0.1) is 0 Å². The van der Waals surface area contributed by atoms with E-state index in [0.29, 0.717) is 6.61 Å². The fraction of sp³-hybridized carbons (Fsp3) is 0.400. The van der Waals surface area contributed by atoms with Crippen LogP contribution in [0.25, 0.3) is 0 Å². The maximum absolute atomic E-state index is 5.87. The van der Waals surface area contributed by atoms with Gasteiger partial charge in [-0.1, -0.05) is 25.1 Å². The Balaban J connectivity index is 2.08. The molecule has 1 aromatic carbocycles. The van der Waals surface area contributed by atoms with Gasteiger partial charge in [0.25, 0.3) is 0 Å². The second-order valence-electron chi connectivity index (χ2n) is 4.63. The van der Waals surface area contributed by atoms with E-state index in [0.717, 1.165) is 28.9 Å². The number of hydrogen-bond donors (Lipinski definition) is 1. The van der Waals surface area contributed by atoms with Crippen LogP contribution in [0.2, 0.25) is 0 Å². The van der Waals surface area contributed by atoms with E-state index < -0.39 is 0 Å². The van der Waals surface area contributed by atoms with Gasteiger partial charge in [-0.05, 0) is 41.0 Å². The van der Waals surface area contributed by atoms with Gasteiger partial charge in [0.2, 0.25) is 0 Å². The van der Waals surface area contributed by atoms with Gasteiger partial charge >= 0.3 is 0 Å². The van der Waals surface area contributed by atoms with Crippen LogP contribution in [-0.4, -0.2) is 22.9 Å². The smallest absolute Gasteiger partial charge is 0.119 e. The van der Waals surface area contributed by atoms with E-state index in [-0.39, 0.29) is 6.04 Å². The zero-order chi connectivity index (χ0) is 14.4. The van der Waals surface area contributed by atoms with Crippen molar-refractivity contribution >= 4 is 15.9 Å². The largest absolute Gasteiger partial charge is 0.492 e. The second-order valence-corrected chi connectivity index (χ2v) is 5.49. The van der Waals surface area contributed by atoms with Crippen LogP contribution in [0.15, 0.2) is 41.0 Å². The molecule has 0 amide bonds. The van der Waals surface area contributed by atoms with Crippen molar-refractivity contribution in [1.29, 1.82) is 0 Å². The van der Waals surface area contributed by atoms with Crippen LogP contribution in [0.1, 0.15) is 25.1 Å². The molecule has 0 aliphatic rings. The Kier molecular flexibility index (Phi) is 5.61. The summed E-state index contributed by atoms with van der Waals surface area (Å²) in [5, 5.41) is 7.78. The molecule has 4 nitrogen and oxygen atoms in total. The standard InChI is InChI=1S/C15H20BrN3O/c1-3-9-17-14(15-13(16)10-18-19(15)2)11-20-12-7-5-4-6-8-12/h4-8,10,14,17H,3,9,11H2,1-2H3. The van der Waals surface area contributed by atoms with E-state index in [1.807, 2.05) is 48.3 Å². The Hall–Kier alpha value is -1.33. The summed E-state index contributed by atoms with van der Waals surface area (Å²) in [5.74, 6) is 0.883. The molecule has 5 heteroatoms. The lowest BCUT2D eigenvalue weighted by molar-refractivity contribution is 0.260. The number of rotatable bonds is 7. The van der Waals surface area contributed by atoms with Gasteiger partial charge in [0.05, 0.1) is 22.4 Å². The first-order valence-electron chi connectivity index (χ1n) is 6.81. The number of para-hydroxylation sites is 1. The summed E-state index contributed by atoms with van der Waals surface area (Å²) >= 11 is 3.56. The summed E-state index contributed by atoms with van der Waals surface area (Å²) in [6.45, 7) is 3.67. The Morgan fingerprint density at radius 1 is 1.35 bits per heavy atom. The van der Waals surface area contributed by atoms with Crippen molar-refractivity contribution in [3.05, 3.63) is 46.7 Å². The molecule has 0 bridgehead atoms. The summed E-state index contributed by atoms with van der Waals surface area (Å²) in [4.78, 5) is 0. The average Bonchev–Trinajstić information content (AvgIpc) is 2.80. The number of nitrogens with one attached hydrogen (secondary N) is 1. The van der Waals surface area contributed by atoms with Crippen molar-refractivity contribution in [2.45, 2.75) is 19.4 Å². The molecule has 2 rings (SSSR count). The summed E-state index contributed by atoms with van der Waals surface area (Å²) in [5.41, 5.74) is 1.11. The molecule has 1 heterocycles. The molecule has 108 valence electrons. The third-order valence-electron chi connectivity index (χ3n) is 3.07. The highest BCUT2D eigenvalue weighted by Crippen LogP contribution is 2.23. The van der Waals surface area contributed by atoms with E-state index in [4.69, 9.17) is 4.74 Å². The summed E-state index contributed by atoms with van der Waals surface area (Å²) < 4.78 is 8.76. The quantitative estimate of drug-likeness (QED) is 0.842. The van der Waals surface area contributed by atoms with Crippen LogP contribution < -0.4 is 10.1 Å². The lowest BCUT2D eigenvalue weighted by Gasteiger charge is -2.20. The van der Waals surface area contributed by atoms with Crippen LogP contribution in [-0.2, 0) is 7.05 Å². The molecule has 1 aromatic heterocycles. The molecule has 1 N–H and O–H groups in total. The first kappa shape index (κ1) is 15.1. The predicted molar refractivity (Wildman–Crippen MR) is 83.9 cm³/mol. The first-order valence-corrected chi connectivity index (χ1v) is 7.60. The molecule has 0 aliphatic carbocycles. The van der Waals surface area contributed by atoms with Crippen molar-refractivity contribution < 1.29 is 4.74 Å². The minimum absolute atomic E-state index is 0.108. The Labute approximate surface area is 128 Å². The molecular weight excluding hydrogens is 318 g/mol. The van der Waals surface area contributed by atoms with E-state index in [1.54, 1.807) is 0 Å². The summed E-state index contributed by atoms with van der Waals surface area (Å²) in [7, 11) is 1.95. The minimum atomic E-state index is 0.108. The predicted octanol–water partition coefficient (Wildman–Crippen LogP) is 3.30. The van der Waals surface area contributed by atoms with Crippen LogP contribution >= 0.6 is 15.9 Å². The number of ether oxygens (including phenoxy) is 1. The summed E-state index contributed by atoms with van der Waals surface area (Å²) in [6.07, 6.45) is 2.90. The van der Waals surface area contributed by atoms with Crippen molar-refractivity contribution in [3.63, 3.8) is 0 Å². The van der Waals surface area contributed by atoms with Gasteiger partial charge in [-0.2, -0.15) is 5.10 Å². The number of aromatic nitrogens is 2. The molecular formula is C15H20BrN3O. The highest BCUT2D eigenvalue weighted by molar-refractivity contribution is 9.10. The lowest BCUT2D eigenvalue weighted by atomic mass is 10.2. The number of hydrogen-bond acceptors (Lipinski definition) is 3. The van der Waals surface area contributed by atoms with Gasteiger partial charge in [-0.3, -0.25) is 4.68 Å². The van der Waals surface area contributed by atoms with Crippen LogP contribution in [0.4, 0.5) is 0 Å². The molecule has 0 aliphatic heterocycles. The third-order valence-corrected chi connectivity index (χ3v) is 3.68. The van der Waals surface area contributed by atoms with Crippen molar-refractivity contribution in [3.8, 4) is 5.75 Å². The van der Waals surface area contributed by atoms with Gasteiger partial charge < -0.3 is 10.1 Å². The van der Waals surface area contributed by atoms with Crippen LogP contribution in [0.5, 0.6) is 5.75 Å². The molecule has 1 atom stereocenters. The van der Waals surface area contributed by atoms with E-state index in [2.05, 4.69) is 33.3 Å². The van der Waals surface area contributed by atoms with Crippen molar-refractivity contribution in [2.75, 3.05) is 13.2 Å². The van der Waals surface area contributed by atoms with Crippen molar-refractivity contribution in [1.82, 2.24) is 15.1 Å². The van der Waals surface area contributed by atoms with E-state index in [1.165, 1.54) is 0 Å². The Morgan fingerprint density at radius 2 is 2.10 bits per heavy atom. The summed E-state index contributed by atoms with van der Waals surface area (Å²) in [6, 6.07) is 9.98. The highest BCUT2D eigenvalue weighted by Gasteiger charge is 2.19. The lowest BCUT2D eigenvalue weighted by Crippen LogP contribution is -2.29. The molecule has 0 spiro atoms. The van der Waals surface area contributed by atoms with Gasteiger partial charge in [0, 0.05) is 7.05 Å². The number of nitrogens with zero attached hydrogens (tertiary/aromatic N) is 2. The number of benzene rings is 1. The van der Waals surface area contributed by atoms with Gasteiger partial charge in [0.1, 0.15) is 12.4 Å². The highest BCUT2D eigenvalue weighted by atomic mass is 79.9. The molecule has 2 aromatic rings. The topological polar surface area (TPSA) is 39.1 Å². The molecule has 20 heavy (non-hydrogen) atoms. The number of halogens is 1. The zero-order valence-corrected chi connectivity index (χ0v) is 13.4. The van der Waals surface area contributed by atoms with E-state index in [9.17, 15) is 0 Å². The zero-order valence-electron chi connectivity index (χ0n) is 11.8. The first-order chi connectivity index (χ1) is 9.72. The average molecular weight is 338 g/mol. The maximum Gasteiger partial charge on any atom is 0.119 e. The Morgan fingerprint density at radius 3 is 2.70 bits per heavy atom. The van der Waals surface area contributed by atoms with Crippen LogP contribution in [0.3, 0.4) is 0 Å². The minimum Gasteiger partial charge on any atom is -0.492 e. The molecule has 1 unspecified atom stereocenters. The SMILES string of the molecule is CCCNC(COc1ccccc1)c1c(Br)cnn1C. The van der Waals surface area contributed by atoms with E-state index >= 15 is 0 Å².